The van der Waals surface area contributed by atoms with Gasteiger partial charge in [0.15, 0.2) is 0 Å². The second-order valence-electron chi connectivity index (χ2n) is 7.23. The normalized spacial score (nSPS) is 12.8. The summed E-state index contributed by atoms with van der Waals surface area (Å²) >= 11 is 0. The third-order valence-corrected chi connectivity index (χ3v) is 4.66. The van der Waals surface area contributed by atoms with E-state index in [0.29, 0.717) is 18.1 Å². The largest absolute Gasteiger partial charge is 0.296 e. The minimum absolute atomic E-state index is 0.535. The van der Waals surface area contributed by atoms with Crippen molar-refractivity contribution in [2.45, 2.75) is 59.2 Å². The van der Waals surface area contributed by atoms with E-state index in [2.05, 4.69) is 94.6 Å². The molecule has 2 rings (SSSR count). The lowest BCUT2D eigenvalue weighted by atomic mass is 9.96. The van der Waals surface area contributed by atoms with E-state index in [9.17, 15) is 0 Å². The van der Waals surface area contributed by atoms with Crippen LogP contribution in [0.25, 0.3) is 5.57 Å². The van der Waals surface area contributed by atoms with Crippen molar-refractivity contribution in [3.63, 3.8) is 0 Å². The van der Waals surface area contributed by atoms with Crippen LogP contribution in [0.15, 0.2) is 61.2 Å². The van der Waals surface area contributed by atoms with E-state index in [0.717, 1.165) is 12.0 Å². The maximum Gasteiger partial charge on any atom is 0.0113 e. The highest BCUT2D eigenvalue weighted by Gasteiger charge is 2.20. The minimum atomic E-state index is 0.535. The van der Waals surface area contributed by atoms with Crippen LogP contribution < -0.4 is 0 Å². The average Bonchev–Trinajstić information content (AvgIpc) is 2.55. The molecule has 0 aliphatic rings. The van der Waals surface area contributed by atoms with Gasteiger partial charge in [0.05, 0.1) is 0 Å². The fourth-order valence-electron chi connectivity index (χ4n) is 3.71. The van der Waals surface area contributed by atoms with Gasteiger partial charge in [0.25, 0.3) is 0 Å². The van der Waals surface area contributed by atoms with E-state index in [4.69, 9.17) is 0 Å². The van der Waals surface area contributed by atoms with Crippen LogP contribution in [0.4, 0.5) is 0 Å². The summed E-state index contributed by atoms with van der Waals surface area (Å²) in [5.74, 6) is 0. The Bertz CT molecular complexity index is 629. The van der Waals surface area contributed by atoms with Gasteiger partial charge in [-0.3, -0.25) is 4.90 Å². The first kappa shape index (κ1) is 18.5. The molecule has 1 atom stereocenters. The van der Waals surface area contributed by atoms with E-state index in [1.54, 1.807) is 0 Å². The Labute approximate surface area is 148 Å². The first-order chi connectivity index (χ1) is 11.4. The van der Waals surface area contributed by atoms with Crippen molar-refractivity contribution < 1.29 is 0 Å². The van der Waals surface area contributed by atoms with Gasteiger partial charge in [-0.25, -0.2) is 0 Å². The van der Waals surface area contributed by atoms with Gasteiger partial charge in [-0.1, -0.05) is 61.2 Å². The lowest BCUT2D eigenvalue weighted by Gasteiger charge is -2.36. The van der Waals surface area contributed by atoms with E-state index in [1.165, 1.54) is 16.7 Å². The third-order valence-electron chi connectivity index (χ3n) is 4.66. The molecule has 0 bridgehead atoms. The summed E-state index contributed by atoms with van der Waals surface area (Å²) in [7, 11) is 0. The van der Waals surface area contributed by atoms with Crippen molar-refractivity contribution in [1.29, 1.82) is 0 Å². The monoisotopic (exact) mass is 321 g/mol. The standard InChI is InChI=1S/C23H31N/c1-17(2)24(18(3)4)19(5)16-21-12-14-23(15-13-21)20(6)22-10-8-7-9-11-22/h7-15,17-19H,6,16H2,1-5H3. The van der Waals surface area contributed by atoms with Crippen LogP contribution in [-0.4, -0.2) is 23.0 Å². The molecule has 0 spiro atoms. The molecular weight excluding hydrogens is 290 g/mol. The van der Waals surface area contributed by atoms with Gasteiger partial charge in [-0.05, 0) is 63.3 Å². The Hall–Kier alpha value is -1.86. The molecule has 0 saturated heterocycles. The molecule has 0 N–H and O–H groups in total. The fourth-order valence-corrected chi connectivity index (χ4v) is 3.71. The van der Waals surface area contributed by atoms with Crippen LogP contribution in [0.3, 0.4) is 0 Å². The molecule has 1 unspecified atom stereocenters. The molecule has 24 heavy (non-hydrogen) atoms. The Kier molecular flexibility index (Phi) is 6.39. The SMILES string of the molecule is C=C(c1ccccc1)c1ccc(CC(C)N(C(C)C)C(C)C)cc1. The topological polar surface area (TPSA) is 3.24 Å². The van der Waals surface area contributed by atoms with Crippen molar-refractivity contribution >= 4 is 5.57 Å². The Morgan fingerprint density at radius 2 is 1.29 bits per heavy atom. The Morgan fingerprint density at radius 3 is 1.79 bits per heavy atom. The van der Waals surface area contributed by atoms with Crippen molar-refractivity contribution in [1.82, 2.24) is 4.90 Å². The van der Waals surface area contributed by atoms with E-state index < -0.39 is 0 Å². The highest BCUT2D eigenvalue weighted by Crippen LogP contribution is 2.22. The summed E-state index contributed by atoms with van der Waals surface area (Å²) in [6.07, 6.45) is 1.08. The summed E-state index contributed by atoms with van der Waals surface area (Å²) in [4.78, 5) is 2.58. The van der Waals surface area contributed by atoms with Crippen LogP contribution >= 0.6 is 0 Å². The maximum atomic E-state index is 4.25. The molecule has 0 heterocycles. The molecule has 0 aliphatic heterocycles. The molecule has 2 aromatic carbocycles. The van der Waals surface area contributed by atoms with Gasteiger partial charge in [0, 0.05) is 18.1 Å². The molecule has 0 radical (unpaired) electrons. The molecule has 0 aromatic heterocycles. The Balaban J connectivity index is 2.08. The number of benzene rings is 2. The quantitative estimate of drug-likeness (QED) is 0.623. The van der Waals surface area contributed by atoms with Crippen LogP contribution in [0.2, 0.25) is 0 Å². The summed E-state index contributed by atoms with van der Waals surface area (Å²) in [6.45, 7) is 15.7. The Morgan fingerprint density at radius 1 is 0.792 bits per heavy atom. The molecule has 2 aromatic rings. The van der Waals surface area contributed by atoms with Crippen molar-refractivity contribution in [2.24, 2.45) is 0 Å². The fraction of sp³-hybridized carbons (Fsp3) is 0.391. The summed E-state index contributed by atoms with van der Waals surface area (Å²) in [5, 5.41) is 0. The van der Waals surface area contributed by atoms with Crippen LogP contribution in [0.5, 0.6) is 0 Å². The van der Waals surface area contributed by atoms with Crippen molar-refractivity contribution in [3.8, 4) is 0 Å². The smallest absolute Gasteiger partial charge is 0.0113 e. The van der Waals surface area contributed by atoms with Crippen LogP contribution in [0, 0.1) is 0 Å². The molecule has 128 valence electrons. The molecular formula is C23H31N. The summed E-state index contributed by atoms with van der Waals surface area (Å²) in [6, 6.07) is 20.9. The zero-order valence-electron chi connectivity index (χ0n) is 15.8. The lowest BCUT2D eigenvalue weighted by molar-refractivity contribution is 0.122. The highest BCUT2D eigenvalue weighted by molar-refractivity contribution is 5.77. The van der Waals surface area contributed by atoms with Crippen LogP contribution in [-0.2, 0) is 6.42 Å². The second-order valence-corrected chi connectivity index (χ2v) is 7.23. The van der Waals surface area contributed by atoms with Crippen molar-refractivity contribution in [2.75, 3.05) is 0 Å². The predicted molar refractivity (Wildman–Crippen MR) is 106 cm³/mol. The van der Waals surface area contributed by atoms with Gasteiger partial charge < -0.3 is 0 Å². The van der Waals surface area contributed by atoms with Crippen LogP contribution in [0.1, 0.15) is 51.3 Å². The average molecular weight is 322 g/mol. The summed E-state index contributed by atoms with van der Waals surface area (Å²) < 4.78 is 0. The van der Waals surface area contributed by atoms with Gasteiger partial charge >= 0.3 is 0 Å². The van der Waals surface area contributed by atoms with E-state index >= 15 is 0 Å². The number of hydrogen-bond acceptors (Lipinski definition) is 1. The zero-order chi connectivity index (χ0) is 17.7. The third kappa shape index (κ3) is 4.58. The molecule has 0 saturated carbocycles. The first-order valence-corrected chi connectivity index (χ1v) is 9.01. The number of hydrogen-bond donors (Lipinski definition) is 0. The first-order valence-electron chi connectivity index (χ1n) is 9.01. The van der Waals surface area contributed by atoms with Gasteiger partial charge in [-0.15, -0.1) is 0 Å². The minimum Gasteiger partial charge on any atom is -0.296 e. The van der Waals surface area contributed by atoms with Crippen molar-refractivity contribution in [3.05, 3.63) is 77.9 Å². The number of nitrogens with zero attached hydrogens (tertiary/aromatic N) is 1. The van der Waals surface area contributed by atoms with Gasteiger partial charge in [0.2, 0.25) is 0 Å². The van der Waals surface area contributed by atoms with E-state index in [1.807, 2.05) is 6.07 Å². The number of rotatable bonds is 7. The van der Waals surface area contributed by atoms with Gasteiger partial charge in [-0.2, -0.15) is 0 Å². The highest BCUT2D eigenvalue weighted by atomic mass is 15.2. The molecule has 0 aliphatic carbocycles. The zero-order valence-corrected chi connectivity index (χ0v) is 15.8. The maximum absolute atomic E-state index is 4.25. The van der Waals surface area contributed by atoms with Gasteiger partial charge in [0.1, 0.15) is 0 Å². The second kappa shape index (κ2) is 8.30. The molecule has 0 amide bonds. The summed E-state index contributed by atoms with van der Waals surface area (Å²) in [5.41, 5.74) is 4.85. The predicted octanol–water partition coefficient (Wildman–Crippen LogP) is 5.80. The lowest BCUT2D eigenvalue weighted by Crippen LogP contribution is -2.44. The molecule has 1 nitrogen and oxygen atoms in total. The molecule has 0 fully saturated rings. The van der Waals surface area contributed by atoms with E-state index in [-0.39, 0.29) is 0 Å². The molecule has 1 heteroatoms.